The van der Waals surface area contributed by atoms with Crippen LogP contribution in [0.25, 0.3) is 0 Å². The third kappa shape index (κ3) is 3.46. The Morgan fingerprint density at radius 3 is 2.08 bits per heavy atom. The van der Waals surface area contributed by atoms with Crippen LogP contribution in [0.5, 0.6) is 0 Å². The maximum absolute atomic E-state index is 13.1. The number of hydrogen-bond acceptors (Lipinski definition) is 2. The van der Waals surface area contributed by atoms with E-state index < -0.39 is 9.84 Å². The summed E-state index contributed by atoms with van der Waals surface area (Å²) in [5, 5.41) is 0. The Hall–Kier alpha value is -1.87. The molecule has 0 bridgehead atoms. The fourth-order valence-corrected chi connectivity index (χ4v) is 6.68. The van der Waals surface area contributed by atoms with Crippen LogP contribution >= 0.6 is 0 Å². The molecule has 0 unspecified atom stereocenters. The molecule has 0 saturated heterocycles. The van der Waals surface area contributed by atoms with E-state index in [0.717, 1.165) is 15.6 Å². The fraction of sp³-hybridized carbons (Fsp3) is 0.100. The summed E-state index contributed by atoms with van der Waals surface area (Å²) in [7, 11) is -3.51. The Bertz CT molecular complexity index is 947. The summed E-state index contributed by atoms with van der Waals surface area (Å²) < 4.78 is 28.3. The maximum atomic E-state index is 13.1. The van der Waals surface area contributed by atoms with E-state index in [9.17, 15) is 8.42 Å². The zero-order valence-corrected chi connectivity index (χ0v) is 16.1. The molecule has 2 nitrogen and oxygen atoms in total. The molecule has 0 atom stereocenters. The van der Waals surface area contributed by atoms with Crippen LogP contribution in [0.2, 0.25) is 0 Å². The molecule has 0 saturated carbocycles. The second-order valence-corrected chi connectivity index (χ2v) is 9.83. The number of rotatable bonds is 4. The van der Waals surface area contributed by atoms with Crippen molar-refractivity contribution in [3.05, 3.63) is 83.9 Å². The molecule has 4 heteroatoms. The molecule has 0 spiro atoms. The molecule has 0 aliphatic heterocycles. The summed E-state index contributed by atoms with van der Waals surface area (Å²) in [6, 6.07) is 22.6. The van der Waals surface area contributed by atoms with Gasteiger partial charge in [0.05, 0.1) is 0 Å². The normalized spacial score (nSPS) is 11.4. The number of benzene rings is 3. The molecule has 122 valence electrons. The molecule has 0 fully saturated rings. The molecular weight excluding hydrogens is 383 g/mol. The Kier molecular flexibility index (Phi) is 4.91. The Labute approximate surface area is 149 Å². The molecule has 0 aliphatic carbocycles. The summed E-state index contributed by atoms with van der Waals surface area (Å²) in [4.78, 5) is 0.777. The Morgan fingerprint density at radius 1 is 0.750 bits per heavy atom. The minimum atomic E-state index is -3.51. The molecular formula is C20H18O2SSe. The average molecular weight is 401 g/mol. The van der Waals surface area contributed by atoms with Crippen molar-refractivity contribution < 1.29 is 8.42 Å². The van der Waals surface area contributed by atoms with Crippen molar-refractivity contribution >= 4 is 33.7 Å². The third-order valence-corrected chi connectivity index (χ3v) is 8.49. The van der Waals surface area contributed by atoms with E-state index in [4.69, 9.17) is 0 Å². The Balaban J connectivity index is 2.11. The molecule has 3 rings (SSSR count). The van der Waals surface area contributed by atoms with Gasteiger partial charge in [0.1, 0.15) is 0 Å². The van der Waals surface area contributed by atoms with Gasteiger partial charge in [0.25, 0.3) is 0 Å². The molecule has 0 heterocycles. The van der Waals surface area contributed by atoms with Crippen LogP contribution < -0.4 is 8.92 Å². The fourth-order valence-electron chi connectivity index (χ4n) is 2.42. The number of aryl methyl sites for hydroxylation is 2. The van der Waals surface area contributed by atoms with Gasteiger partial charge in [-0.2, -0.15) is 0 Å². The zero-order valence-electron chi connectivity index (χ0n) is 13.6. The number of sulfone groups is 1. The molecule has 0 aliphatic rings. The topological polar surface area (TPSA) is 34.1 Å². The molecule has 24 heavy (non-hydrogen) atoms. The van der Waals surface area contributed by atoms with Gasteiger partial charge in [-0.25, -0.2) is 0 Å². The van der Waals surface area contributed by atoms with Gasteiger partial charge in [-0.1, -0.05) is 0 Å². The predicted octanol–water partition coefficient (Wildman–Crippen LogP) is 2.79. The minimum absolute atomic E-state index is 0.0558. The molecule has 0 N–H and O–H groups in total. The van der Waals surface area contributed by atoms with Gasteiger partial charge in [-0.05, 0) is 0 Å². The SMILES string of the molecule is Cc1ccc(S(=O)(=O)c2cccc(C)c2[Se]c2ccccc2)cc1. The molecule has 3 aromatic rings. The summed E-state index contributed by atoms with van der Waals surface area (Å²) in [6.45, 7) is 3.93. The Morgan fingerprint density at radius 2 is 1.42 bits per heavy atom. The van der Waals surface area contributed by atoms with Crippen molar-refractivity contribution in [2.45, 2.75) is 23.6 Å². The van der Waals surface area contributed by atoms with Crippen LogP contribution in [-0.4, -0.2) is 23.4 Å². The van der Waals surface area contributed by atoms with Crippen LogP contribution in [-0.2, 0) is 9.84 Å². The van der Waals surface area contributed by atoms with Crippen molar-refractivity contribution in [3.8, 4) is 0 Å². The van der Waals surface area contributed by atoms with Crippen LogP contribution in [0, 0.1) is 13.8 Å². The monoisotopic (exact) mass is 402 g/mol. The molecule has 0 aromatic heterocycles. The van der Waals surface area contributed by atoms with Crippen molar-refractivity contribution in [2.75, 3.05) is 0 Å². The summed E-state index contributed by atoms with van der Waals surface area (Å²) in [6.07, 6.45) is 0. The van der Waals surface area contributed by atoms with E-state index in [1.165, 1.54) is 4.46 Å². The van der Waals surface area contributed by atoms with Gasteiger partial charge >= 0.3 is 150 Å². The first-order valence-corrected chi connectivity index (χ1v) is 10.8. The summed E-state index contributed by atoms with van der Waals surface area (Å²) in [5.41, 5.74) is 2.07. The van der Waals surface area contributed by atoms with Gasteiger partial charge in [0.2, 0.25) is 0 Å². The number of hydrogen-bond donors (Lipinski definition) is 0. The van der Waals surface area contributed by atoms with Crippen LogP contribution in [0.3, 0.4) is 0 Å². The van der Waals surface area contributed by atoms with E-state index in [-0.39, 0.29) is 15.0 Å². The van der Waals surface area contributed by atoms with Crippen LogP contribution in [0.15, 0.2) is 82.6 Å². The molecule has 0 radical (unpaired) electrons. The van der Waals surface area contributed by atoms with Crippen LogP contribution in [0.1, 0.15) is 11.1 Å². The van der Waals surface area contributed by atoms with Crippen molar-refractivity contribution in [1.29, 1.82) is 0 Å². The van der Waals surface area contributed by atoms with E-state index in [1.807, 2.05) is 56.3 Å². The summed E-state index contributed by atoms with van der Waals surface area (Å²) in [5.74, 6) is 0. The third-order valence-electron chi connectivity index (χ3n) is 3.76. The van der Waals surface area contributed by atoms with E-state index in [1.54, 1.807) is 18.2 Å². The van der Waals surface area contributed by atoms with E-state index in [0.29, 0.717) is 9.79 Å². The second kappa shape index (κ2) is 6.94. The van der Waals surface area contributed by atoms with Gasteiger partial charge in [-0.3, -0.25) is 0 Å². The van der Waals surface area contributed by atoms with Gasteiger partial charge < -0.3 is 0 Å². The zero-order chi connectivity index (χ0) is 17.2. The molecule has 3 aromatic carbocycles. The van der Waals surface area contributed by atoms with Gasteiger partial charge in [-0.15, -0.1) is 0 Å². The van der Waals surface area contributed by atoms with Gasteiger partial charge in [0.15, 0.2) is 0 Å². The quantitative estimate of drug-likeness (QED) is 0.630. The van der Waals surface area contributed by atoms with Crippen LogP contribution in [0.4, 0.5) is 0 Å². The van der Waals surface area contributed by atoms with Gasteiger partial charge in [0, 0.05) is 0 Å². The van der Waals surface area contributed by atoms with Crippen molar-refractivity contribution in [2.24, 2.45) is 0 Å². The standard InChI is InChI=1S/C20H18O2SSe/c1-15-11-13-17(14-12-15)23(21,22)19-10-6-7-16(2)20(19)24-18-8-4-3-5-9-18/h3-14H,1-2H3. The first kappa shape index (κ1) is 17.0. The summed E-state index contributed by atoms with van der Waals surface area (Å²) >= 11 is -0.0558. The van der Waals surface area contributed by atoms with E-state index >= 15 is 0 Å². The molecule has 0 amide bonds. The average Bonchev–Trinajstić information content (AvgIpc) is 2.58. The second-order valence-electron chi connectivity index (χ2n) is 5.63. The first-order chi connectivity index (χ1) is 11.5. The van der Waals surface area contributed by atoms with E-state index in [2.05, 4.69) is 12.1 Å². The van der Waals surface area contributed by atoms with Crippen molar-refractivity contribution in [3.63, 3.8) is 0 Å². The first-order valence-electron chi connectivity index (χ1n) is 7.63. The van der Waals surface area contributed by atoms with Crippen molar-refractivity contribution in [1.82, 2.24) is 0 Å². The predicted molar refractivity (Wildman–Crippen MR) is 99.3 cm³/mol.